The Morgan fingerprint density at radius 1 is 1.10 bits per heavy atom. The van der Waals surface area contributed by atoms with Crippen molar-refractivity contribution in [2.75, 3.05) is 20.8 Å². The fraction of sp³-hybridized carbons (Fsp3) is 0.273. The van der Waals surface area contributed by atoms with Crippen molar-refractivity contribution in [3.63, 3.8) is 0 Å². The summed E-state index contributed by atoms with van der Waals surface area (Å²) in [6.07, 6.45) is 0.839. The summed E-state index contributed by atoms with van der Waals surface area (Å²) < 4.78 is 26.8. The van der Waals surface area contributed by atoms with Crippen LogP contribution in [0.4, 0.5) is 0 Å². The molecule has 0 N–H and O–H groups in total. The van der Waals surface area contributed by atoms with E-state index in [0.29, 0.717) is 34.1 Å². The molecule has 1 heterocycles. The van der Waals surface area contributed by atoms with Gasteiger partial charge in [0.2, 0.25) is 5.78 Å². The highest BCUT2D eigenvalue weighted by Gasteiger charge is 2.28. The van der Waals surface area contributed by atoms with E-state index in [-0.39, 0.29) is 18.1 Å². The van der Waals surface area contributed by atoms with Crippen LogP contribution in [0.1, 0.15) is 29.8 Å². The van der Waals surface area contributed by atoms with Crippen molar-refractivity contribution < 1.29 is 33.3 Å². The molecule has 2 aromatic carbocycles. The first-order valence-corrected chi connectivity index (χ1v) is 9.10. The van der Waals surface area contributed by atoms with Crippen molar-refractivity contribution in [3.05, 3.63) is 53.3 Å². The standard InChI is InChI=1S/C22H22O7/c1-5-27-22(24)13(2)28-16-8-9-17-19(12-16)29-20(21(17)23)10-14-6-7-15(25-3)11-18(14)26-4/h6-13H,5H2,1-4H3/t13-/m0/s1. The summed E-state index contributed by atoms with van der Waals surface area (Å²) in [5.41, 5.74) is 1.09. The van der Waals surface area contributed by atoms with Crippen molar-refractivity contribution >= 4 is 17.8 Å². The second-order valence-corrected chi connectivity index (χ2v) is 6.22. The largest absolute Gasteiger partial charge is 0.497 e. The Kier molecular flexibility index (Phi) is 6.07. The molecule has 29 heavy (non-hydrogen) atoms. The zero-order valence-corrected chi connectivity index (χ0v) is 16.7. The number of rotatable bonds is 7. The third kappa shape index (κ3) is 4.34. The number of hydrogen-bond donors (Lipinski definition) is 0. The third-order valence-corrected chi connectivity index (χ3v) is 4.30. The molecule has 0 saturated heterocycles. The molecule has 0 radical (unpaired) electrons. The molecule has 2 aromatic rings. The predicted molar refractivity (Wildman–Crippen MR) is 106 cm³/mol. The van der Waals surface area contributed by atoms with Crippen LogP contribution in [0.2, 0.25) is 0 Å². The van der Waals surface area contributed by atoms with Gasteiger partial charge >= 0.3 is 5.97 Å². The molecule has 7 nitrogen and oxygen atoms in total. The highest BCUT2D eigenvalue weighted by molar-refractivity contribution is 6.14. The van der Waals surface area contributed by atoms with Gasteiger partial charge in [-0.2, -0.15) is 0 Å². The molecular weight excluding hydrogens is 376 g/mol. The normalized spacial score (nSPS) is 14.8. The minimum Gasteiger partial charge on any atom is -0.497 e. The monoisotopic (exact) mass is 398 g/mol. The van der Waals surface area contributed by atoms with Gasteiger partial charge in [-0.05, 0) is 44.2 Å². The van der Waals surface area contributed by atoms with Gasteiger partial charge in [-0.1, -0.05) is 0 Å². The second kappa shape index (κ2) is 8.68. The van der Waals surface area contributed by atoms with Crippen LogP contribution in [0.15, 0.2) is 42.2 Å². The van der Waals surface area contributed by atoms with Crippen LogP contribution in [0.3, 0.4) is 0 Å². The Balaban J connectivity index is 1.82. The van der Waals surface area contributed by atoms with Gasteiger partial charge in [0.15, 0.2) is 11.9 Å². The Morgan fingerprint density at radius 2 is 1.86 bits per heavy atom. The lowest BCUT2D eigenvalue weighted by Gasteiger charge is -2.13. The first-order chi connectivity index (χ1) is 14.0. The van der Waals surface area contributed by atoms with Gasteiger partial charge in [0.1, 0.15) is 23.0 Å². The molecule has 1 aliphatic heterocycles. The second-order valence-electron chi connectivity index (χ2n) is 6.22. The first-order valence-electron chi connectivity index (χ1n) is 9.10. The fourth-order valence-electron chi connectivity index (χ4n) is 2.83. The zero-order chi connectivity index (χ0) is 21.0. The molecule has 1 aliphatic rings. The summed E-state index contributed by atoms with van der Waals surface area (Å²) in [7, 11) is 3.10. The number of ether oxygens (including phenoxy) is 5. The van der Waals surface area contributed by atoms with E-state index in [0.717, 1.165) is 0 Å². The molecule has 7 heteroatoms. The van der Waals surface area contributed by atoms with Gasteiger partial charge in [0.25, 0.3) is 0 Å². The smallest absolute Gasteiger partial charge is 0.347 e. The quantitative estimate of drug-likeness (QED) is 0.520. The highest BCUT2D eigenvalue weighted by atomic mass is 16.6. The van der Waals surface area contributed by atoms with E-state index in [1.807, 2.05) is 0 Å². The molecule has 0 spiro atoms. The Morgan fingerprint density at radius 3 is 2.55 bits per heavy atom. The molecule has 0 fully saturated rings. The zero-order valence-electron chi connectivity index (χ0n) is 16.7. The average molecular weight is 398 g/mol. The molecule has 0 aliphatic carbocycles. The van der Waals surface area contributed by atoms with Crippen LogP contribution in [0, 0.1) is 0 Å². The number of hydrogen-bond acceptors (Lipinski definition) is 7. The summed E-state index contributed by atoms with van der Waals surface area (Å²) in [5.74, 6) is 1.42. The molecule has 152 valence electrons. The molecule has 1 atom stereocenters. The van der Waals surface area contributed by atoms with Crippen LogP contribution in [0.25, 0.3) is 6.08 Å². The van der Waals surface area contributed by atoms with Gasteiger partial charge in [-0.3, -0.25) is 4.79 Å². The summed E-state index contributed by atoms with van der Waals surface area (Å²) in [6, 6.07) is 10.1. The SMILES string of the molecule is CCOC(=O)[C@H](C)Oc1ccc2c(c1)OC(=Cc1ccc(OC)cc1OC)C2=O. The van der Waals surface area contributed by atoms with Gasteiger partial charge in [-0.25, -0.2) is 4.79 Å². The predicted octanol–water partition coefficient (Wildman–Crippen LogP) is 3.65. The van der Waals surface area contributed by atoms with E-state index in [2.05, 4.69) is 0 Å². The van der Waals surface area contributed by atoms with E-state index < -0.39 is 12.1 Å². The van der Waals surface area contributed by atoms with Gasteiger partial charge in [0.05, 0.1) is 26.4 Å². The number of carbonyl (C=O) groups is 2. The lowest BCUT2D eigenvalue weighted by molar-refractivity contribution is -0.150. The van der Waals surface area contributed by atoms with Crippen LogP contribution >= 0.6 is 0 Å². The van der Waals surface area contributed by atoms with Gasteiger partial charge in [-0.15, -0.1) is 0 Å². The molecule has 0 unspecified atom stereocenters. The van der Waals surface area contributed by atoms with E-state index in [4.69, 9.17) is 23.7 Å². The Hall–Kier alpha value is -3.48. The molecule has 0 amide bonds. The first kappa shape index (κ1) is 20.3. The summed E-state index contributed by atoms with van der Waals surface area (Å²) in [6.45, 7) is 3.60. The van der Waals surface area contributed by atoms with Crippen LogP contribution in [-0.4, -0.2) is 38.7 Å². The van der Waals surface area contributed by atoms with E-state index in [9.17, 15) is 9.59 Å². The molecule has 0 saturated carbocycles. The number of methoxy groups -OCH3 is 2. The maximum absolute atomic E-state index is 12.7. The number of esters is 1. The van der Waals surface area contributed by atoms with Gasteiger partial charge < -0.3 is 23.7 Å². The molecule has 0 bridgehead atoms. The Bertz CT molecular complexity index is 962. The van der Waals surface area contributed by atoms with Crippen molar-refractivity contribution in [1.82, 2.24) is 0 Å². The highest BCUT2D eigenvalue weighted by Crippen LogP contribution is 2.36. The summed E-state index contributed by atoms with van der Waals surface area (Å²) in [5, 5.41) is 0. The summed E-state index contributed by atoms with van der Waals surface area (Å²) >= 11 is 0. The number of fused-ring (bicyclic) bond motifs is 1. The van der Waals surface area contributed by atoms with Crippen molar-refractivity contribution in [2.24, 2.45) is 0 Å². The Labute approximate surface area is 168 Å². The maximum Gasteiger partial charge on any atom is 0.347 e. The van der Waals surface area contributed by atoms with Crippen molar-refractivity contribution in [2.45, 2.75) is 20.0 Å². The lowest BCUT2D eigenvalue weighted by atomic mass is 10.1. The average Bonchev–Trinajstić information content (AvgIpc) is 3.03. The van der Waals surface area contributed by atoms with Crippen LogP contribution in [0.5, 0.6) is 23.0 Å². The molecular formula is C22H22O7. The maximum atomic E-state index is 12.7. The van der Waals surface area contributed by atoms with Crippen LogP contribution < -0.4 is 18.9 Å². The van der Waals surface area contributed by atoms with Crippen molar-refractivity contribution in [3.8, 4) is 23.0 Å². The summed E-state index contributed by atoms with van der Waals surface area (Å²) in [4.78, 5) is 24.4. The number of ketones is 1. The topological polar surface area (TPSA) is 80.3 Å². The number of benzene rings is 2. The molecule has 0 aromatic heterocycles. The van der Waals surface area contributed by atoms with Crippen LogP contribution in [-0.2, 0) is 9.53 Å². The van der Waals surface area contributed by atoms with E-state index in [1.54, 1.807) is 63.4 Å². The third-order valence-electron chi connectivity index (χ3n) is 4.30. The molecule has 3 rings (SSSR count). The minimum absolute atomic E-state index is 0.166. The fourth-order valence-corrected chi connectivity index (χ4v) is 2.83. The van der Waals surface area contributed by atoms with Crippen molar-refractivity contribution in [1.29, 1.82) is 0 Å². The number of carbonyl (C=O) groups excluding carboxylic acids is 2. The van der Waals surface area contributed by atoms with Gasteiger partial charge in [0, 0.05) is 17.7 Å². The minimum atomic E-state index is -0.774. The number of Topliss-reactive ketones (excluding diaryl/α,β-unsaturated/α-hetero) is 1. The lowest BCUT2D eigenvalue weighted by Crippen LogP contribution is -2.26. The number of allylic oxidation sites excluding steroid dienone is 1. The van der Waals surface area contributed by atoms with E-state index in [1.165, 1.54) is 7.11 Å². The van der Waals surface area contributed by atoms with E-state index >= 15 is 0 Å².